The summed E-state index contributed by atoms with van der Waals surface area (Å²) >= 11 is 0. The molecule has 3 aromatic rings. The zero-order chi connectivity index (χ0) is 21.4. The molecule has 0 aromatic carbocycles. The molecule has 1 amide bonds. The van der Waals surface area contributed by atoms with E-state index in [1.165, 1.54) is 23.1 Å². The number of aromatic amines is 1. The zero-order valence-corrected chi connectivity index (χ0v) is 17.0. The van der Waals surface area contributed by atoms with E-state index in [-0.39, 0.29) is 23.1 Å². The summed E-state index contributed by atoms with van der Waals surface area (Å²) in [4.78, 5) is 35.1. The largest absolute Gasteiger partial charge is 0.379 e. The molecule has 2 fully saturated rings. The highest BCUT2D eigenvalue weighted by atomic mass is 16.2. The molecule has 0 spiro atoms. The fourth-order valence-electron chi connectivity index (χ4n) is 3.84. The third-order valence-corrected chi connectivity index (χ3v) is 5.68. The lowest BCUT2D eigenvalue weighted by atomic mass is 9.92. The Bertz CT molecular complexity index is 1160. The van der Waals surface area contributed by atoms with Gasteiger partial charge in [-0.1, -0.05) is 0 Å². The summed E-state index contributed by atoms with van der Waals surface area (Å²) in [6, 6.07) is 4.15. The predicted molar refractivity (Wildman–Crippen MR) is 116 cm³/mol. The Balaban J connectivity index is 1.45. The van der Waals surface area contributed by atoms with Gasteiger partial charge in [0.2, 0.25) is 0 Å². The smallest absolute Gasteiger partial charge is 0.277 e. The minimum atomic E-state index is -0.448. The van der Waals surface area contributed by atoms with Crippen LogP contribution in [0.5, 0.6) is 0 Å². The van der Waals surface area contributed by atoms with Crippen molar-refractivity contribution in [1.82, 2.24) is 24.6 Å². The van der Waals surface area contributed by atoms with Crippen LogP contribution in [0.15, 0.2) is 29.5 Å². The normalized spacial score (nSPS) is 21.1. The van der Waals surface area contributed by atoms with Gasteiger partial charge in [0.1, 0.15) is 11.6 Å². The first-order chi connectivity index (χ1) is 15.0. The monoisotopic (exact) mass is 423 g/mol. The number of H-pyrrole nitrogens is 1. The van der Waals surface area contributed by atoms with E-state index < -0.39 is 5.91 Å². The fourth-order valence-corrected chi connectivity index (χ4v) is 3.84. The maximum Gasteiger partial charge on any atom is 0.277 e. The van der Waals surface area contributed by atoms with Gasteiger partial charge in [-0.2, -0.15) is 0 Å². The number of hydrogen-bond donors (Lipinski definition) is 5. The molecule has 31 heavy (non-hydrogen) atoms. The first-order valence-electron chi connectivity index (χ1n) is 10.6. The molecule has 2 aliphatic rings. The minimum Gasteiger partial charge on any atom is -0.379 e. The van der Waals surface area contributed by atoms with Crippen LogP contribution in [0.2, 0.25) is 0 Å². The van der Waals surface area contributed by atoms with E-state index >= 15 is 0 Å². The molecule has 11 nitrogen and oxygen atoms in total. The van der Waals surface area contributed by atoms with Crippen molar-refractivity contribution in [2.24, 2.45) is 5.73 Å². The average Bonchev–Trinajstić information content (AvgIpc) is 3.45. The van der Waals surface area contributed by atoms with Gasteiger partial charge >= 0.3 is 0 Å². The molecule has 11 heteroatoms. The fraction of sp³-hybridized carbons (Fsp3) is 0.450. The van der Waals surface area contributed by atoms with Crippen molar-refractivity contribution < 1.29 is 4.79 Å². The van der Waals surface area contributed by atoms with Crippen LogP contribution in [0.3, 0.4) is 0 Å². The summed E-state index contributed by atoms with van der Waals surface area (Å²) in [5.41, 5.74) is 7.34. The lowest BCUT2D eigenvalue weighted by Gasteiger charge is -2.27. The highest BCUT2D eigenvalue weighted by Crippen LogP contribution is 2.29. The van der Waals surface area contributed by atoms with Gasteiger partial charge in [0.15, 0.2) is 11.3 Å². The molecule has 2 aliphatic carbocycles. The van der Waals surface area contributed by atoms with Crippen LogP contribution in [0.1, 0.15) is 49.0 Å². The van der Waals surface area contributed by atoms with Gasteiger partial charge < -0.3 is 26.7 Å². The van der Waals surface area contributed by atoms with Crippen LogP contribution in [-0.4, -0.2) is 48.6 Å². The summed E-state index contributed by atoms with van der Waals surface area (Å²) in [5.74, 6) is 0.390. The molecule has 0 atom stereocenters. The first-order valence-corrected chi connectivity index (χ1v) is 10.6. The maximum absolute atomic E-state index is 12.9. The summed E-state index contributed by atoms with van der Waals surface area (Å²) in [6.45, 7) is 0. The van der Waals surface area contributed by atoms with Crippen molar-refractivity contribution >= 4 is 28.9 Å². The quantitative estimate of drug-likeness (QED) is 0.397. The van der Waals surface area contributed by atoms with Gasteiger partial charge in [-0.15, -0.1) is 5.10 Å². The molecular formula is C20H25N9O2. The Labute approximate surface area is 177 Å². The van der Waals surface area contributed by atoms with Gasteiger partial charge in [0.05, 0.1) is 18.2 Å². The number of nitrogens with one attached hydrogen (secondary N) is 4. The van der Waals surface area contributed by atoms with Crippen LogP contribution < -0.4 is 27.2 Å². The maximum atomic E-state index is 12.9. The van der Waals surface area contributed by atoms with Gasteiger partial charge in [0.25, 0.3) is 11.5 Å². The van der Waals surface area contributed by atoms with E-state index in [0.29, 0.717) is 23.5 Å². The number of amides is 1. The lowest BCUT2D eigenvalue weighted by Crippen LogP contribution is -2.33. The van der Waals surface area contributed by atoms with Gasteiger partial charge in [-0.3, -0.25) is 9.59 Å². The summed E-state index contributed by atoms with van der Waals surface area (Å²) in [7, 11) is 0. The van der Waals surface area contributed by atoms with Crippen molar-refractivity contribution in [2.75, 3.05) is 16.0 Å². The average molecular weight is 423 g/mol. The molecule has 162 valence electrons. The number of rotatable bonds is 6. The first kappa shape index (κ1) is 19.5. The molecule has 3 aromatic heterocycles. The zero-order valence-electron chi connectivity index (χ0n) is 17.0. The highest BCUT2D eigenvalue weighted by Gasteiger charge is 2.25. The number of aromatic nitrogens is 5. The number of carbonyl (C=O) groups is 1. The van der Waals surface area contributed by atoms with Crippen LogP contribution in [0.4, 0.5) is 17.3 Å². The molecule has 0 radical (unpaired) electrons. The third-order valence-electron chi connectivity index (χ3n) is 5.68. The number of anilines is 3. The van der Waals surface area contributed by atoms with Gasteiger partial charge in [0, 0.05) is 30.3 Å². The van der Waals surface area contributed by atoms with Crippen molar-refractivity contribution in [3.05, 3.63) is 40.7 Å². The second-order valence-corrected chi connectivity index (χ2v) is 8.25. The van der Waals surface area contributed by atoms with Crippen LogP contribution in [0.25, 0.3) is 5.65 Å². The Hall–Kier alpha value is -3.47. The Kier molecular flexibility index (Phi) is 5.02. The molecule has 0 aliphatic heterocycles. The van der Waals surface area contributed by atoms with E-state index in [4.69, 9.17) is 5.73 Å². The Morgan fingerprint density at radius 2 is 1.77 bits per heavy atom. The number of nitrogens with zero attached hydrogens (tertiary/aromatic N) is 4. The number of hydrogen-bond acceptors (Lipinski definition) is 8. The van der Waals surface area contributed by atoms with Crippen LogP contribution in [0, 0.1) is 0 Å². The summed E-state index contributed by atoms with van der Waals surface area (Å²) < 4.78 is 1.53. The number of nitrogens with two attached hydrogens (primary N) is 1. The minimum absolute atomic E-state index is 0.160. The SMILES string of the molecule is NC1CCC(Nc2cc(NC3CC3)c3ncc(C(=O)Nc4cc(=O)[nH]cn4)n3n2)CC1. The predicted octanol–water partition coefficient (Wildman–Crippen LogP) is 1.32. The molecule has 0 saturated heterocycles. The second kappa shape index (κ2) is 7.99. The summed E-state index contributed by atoms with van der Waals surface area (Å²) in [6.07, 6.45) is 8.87. The standard InChI is InChI=1S/C20H25N9O2/c21-11-1-3-13(4-2-11)26-17-7-14(25-12-5-6-12)19-22-9-15(29(19)28-17)20(31)27-16-8-18(30)24-10-23-16/h7-13,25H,1-6,21H2,(H,26,28)(H2,23,24,27,30,31). The van der Waals surface area contributed by atoms with E-state index in [1.54, 1.807) is 0 Å². The molecule has 6 N–H and O–H groups in total. The lowest BCUT2D eigenvalue weighted by molar-refractivity contribution is 0.102. The topological polar surface area (TPSA) is 155 Å². The Morgan fingerprint density at radius 1 is 1.03 bits per heavy atom. The number of imidazole rings is 1. The van der Waals surface area contributed by atoms with E-state index in [1.807, 2.05) is 6.07 Å². The third kappa shape index (κ3) is 4.36. The molecule has 5 rings (SSSR count). The second-order valence-electron chi connectivity index (χ2n) is 8.25. The highest BCUT2D eigenvalue weighted by molar-refractivity contribution is 6.03. The molecule has 0 unspecified atom stereocenters. The van der Waals surface area contributed by atoms with Crippen molar-refractivity contribution in [3.8, 4) is 0 Å². The van der Waals surface area contributed by atoms with Gasteiger partial charge in [-0.05, 0) is 38.5 Å². The van der Waals surface area contributed by atoms with Crippen LogP contribution in [-0.2, 0) is 0 Å². The van der Waals surface area contributed by atoms with Crippen molar-refractivity contribution in [2.45, 2.75) is 56.7 Å². The van der Waals surface area contributed by atoms with Crippen molar-refractivity contribution in [3.63, 3.8) is 0 Å². The molecular weight excluding hydrogens is 398 g/mol. The Morgan fingerprint density at radius 3 is 2.52 bits per heavy atom. The van der Waals surface area contributed by atoms with E-state index in [2.05, 4.69) is 36.0 Å². The molecule has 0 bridgehead atoms. The van der Waals surface area contributed by atoms with E-state index in [9.17, 15) is 9.59 Å². The number of carbonyl (C=O) groups excluding carboxylic acids is 1. The molecule has 3 heterocycles. The van der Waals surface area contributed by atoms with Gasteiger partial charge in [-0.25, -0.2) is 14.5 Å². The van der Waals surface area contributed by atoms with Crippen molar-refractivity contribution in [1.29, 1.82) is 0 Å². The van der Waals surface area contributed by atoms with Crippen LogP contribution >= 0.6 is 0 Å². The molecule has 2 saturated carbocycles. The summed E-state index contributed by atoms with van der Waals surface area (Å²) in [5, 5.41) is 14.2. The number of fused-ring (bicyclic) bond motifs is 1. The van der Waals surface area contributed by atoms with E-state index in [0.717, 1.165) is 44.2 Å².